The Balaban J connectivity index is 3.27. The second kappa shape index (κ2) is 25.8. The van der Waals surface area contributed by atoms with Gasteiger partial charge in [0, 0.05) is 26.3 Å². The lowest BCUT2D eigenvalue weighted by Gasteiger charge is -2.20. The molecular weight excluding hydrogens is 372 g/mol. The van der Waals surface area contributed by atoms with Crippen molar-refractivity contribution in [1.82, 2.24) is 10.2 Å². The molecule has 0 atom stereocenters. The third-order valence-electron chi connectivity index (χ3n) is 4.52. The fraction of sp³-hybridized carbons (Fsp3) is 1.00. The first-order valence-electron chi connectivity index (χ1n) is 11.6. The van der Waals surface area contributed by atoms with Crippen molar-refractivity contribution in [2.24, 2.45) is 0 Å². The summed E-state index contributed by atoms with van der Waals surface area (Å²) in [5.74, 6) is 0. The van der Waals surface area contributed by atoms with E-state index in [1.165, 1.54) is 19.3 Å². The zero-order valence-corrected chi connectivity index (χ0v) is 19.4. The molecule has 0 aromatic rings. The number of ether oxygens (including phenoxy) is 5. The van der Waals surface area contributed by atoms with E-state index in [9.17, 15) is 0 Å². The molecule has 7 nitrogen and oxygen atoms in total. The van der Waals surface area contributed by atoms with Crippen molar-refractivity contribution in [3.8, 4) is 0 Å². The van der Waals surface area contributed by atoms with E-state index in [-0.39, 0.29) is 0 Å². The standard InChI is InChI=1S/C22H48N2O5/c1-4-6-13-25-18-21-29-22-20-28-16-12-24(5-2)11-15-27-19-17-26-14-9-7-8-10-23-3/h23H,4-22H2,1-3H3. The third kappa shape index (κ3) is 23.9. The molecule has 0 aliphatic heterocycles. The highest BCUT2D eigenvalue weighted by atomic mass is 16.5. The smallest absolute Gasteiger partial charge is 0.0701 e. The first-order chi connectivity index (χ1) is 14.3. The molecule has 29 heavy (non-hydrogen) atoms. The molecule has 0 heterocycles. The van der Waals surface area contributed by atoms with Crippen molar-refractivity contribution in [3.05, 3.63) is 0 Å². The largest absolute Gasteiger partial charge is 0.379 e. The number of rotatable bonds is 25. The van der Waals surface area contributed by atoms with E-state index in [0.29, 0.717) is 39.6 Å². The Morgan fingerprint density at radius 3 is 1.52 bits per heavy atom. The molecule has 0 aliphatic carbocycles. The second-order valence-electron chi connectivity index (χ2n) is 7.01. The molecule has 0 saturated heterocycles. The maximum Gasteiger partial charge on any atom is 0.0701 e. The predicted octanol–water partition coefficient (Wildman–Crippen LogP) is 2.58. The minimum atomic E-state index is 0.627. The van der Waals surface area contributed by atoms with Gasteiger partial charge in [-0.05, 0) is 45.8 Å². The van der Waals surface area contributed by atoms with Crippen LogP contribution < -0.4 is 5.32 Å². The molecule has 0 aromatic carbocycles. The number of nitrogens with zero attached hydrogens (tertiary/aromatic N) is 1. The lowest BCUT2D eigenvalue weighted by Crippen LogP contribution is -2.31. The molecular formula is C22H48N2O5. The van der Waals surface area contributed by atoms with Gasteiger partial charge in [-0.3, -0.25) is 4.90 Å². The SMILES string of the molecule is CCCCOCCOCCOCCN(CC)CCOCCOCCCCCNC. The van der Waals surface area contributed by atoms with Crippen molar-refractivity contribution in [1.29, 1.82) is 0 Å². The molecule has 1 N–H and O–H groups in total. The van der Waals surface area contributed by atoms with Gasteiger partial charge in [-0.2, -0.15) is 0 Å². The van der Waals surface area contributed by atoms with Crippen LogP contribution in [0.25, 0.3) is 0 Å². The number of likely N-dealkylation sites (N-methyl/N-ethyl adjacent to an activating group) is 1. The van der Waals surface area contributed by atoms with Gasteiger partial charge in [0.05, 0.1) is 52.9 Å². The Labute approximate surface area is 179 Å². The lowest BCUT2D eigenvalue weighted by atomic mass is 10.2. The van der Waals surface area contributed by atoms with E-state index in [0.717, 1.165) is 65.4 Å². The van der Waals surface area contributed by atoms with E-state index < -0.39 is 0 Å². The highest BCUT2D eigenvalue weighted by Crippen LogP contribution is 1.95. The Morgan fingerprint density at radius 2 is 1.03 bits per heavy atom. The molecule has 176 valence electrons. The average molecular weight is 421 g/mol. The molecule has 0 radical (unpaired) electrons. The molecule has 0 bridgehead atoms. The summed E-state index contributed by atoms with van der Waals surface area (Å²) >= 11 is 0. The molecule has 7 heteroatoms. The average Bonchev–Trinajstić information content (AvgIpc) is 2.74. The van der Waals surface area contributed by atoms with Crippen molar-refractivity contribution in [2.45, 2.75) is 46.0 Å². The van der Waals surface area contributed by atoms with Crippen LogP contribution in [-0.2, 0) is 23.7 Å². The van der Waals surface area contributed by atoms with Crippen LogP contribution in [0.15, 0.2) is 0 Å². The van der Waals surface area contributed by atoms with E-state index in [1.807, 2.05) is 7.05 Å². The summed E-state index contributed by atoms with van der Waals surface area (Å²) < 4.78 is 27.8. The van der Waals surface area contributed by atoms with Gasteiger partial charge in [-0.1, -0.05) is 20.3 Å². The van der Waals surface area contributed by atoms with Crippen LogP contribution >= 0.6 is 0 Å². The van der Waals surface area contributed by atoms with Gasteiger partial charge >= 0.3 is 0 Å². The van der Waals surface area contributed by atoms with Crippen molar-refractivity contribution < 1.29 is 23.7 Å². The predicted molar refractivity (Wildman–Crippen MR) is 119 cm³/mol. The van der Waals surface area contributed by atoms with E-state index >= 15 is 0 Å². The fourth-order valence-corrected chi connectivity index (χ4v) is 2.61. The molecule has 0 aromatic heterocycles. The van der Waals surface area contributed by atoms with Crippen LogP contribution in [0.5, 0.6) is 0 Å². The molecule has 0 rings (SSSR count). The Hall–Kier alpha value is -0.280. The molecule has 0 amide bonds. The summed E-state index contributed by atoms with van der Waals surface area (Å²) in [4.78, 5) is 2.34. The first-order valence-corrected chi connectivity index (χ1v) is 11.6. The van der Waals surface area contributed by atoms with Crippen LogP contribution in [0.2, 0.25) is 0 Å². The van der Waals surface area contributed by atoms with Gasteiger partial charge in [0.25, 0.3) is 0 Å². The molecule has 0 aliphatic rings. The van der Waals surface area contributed by atoms with Crippen LogP contribution in [0.4, 0.5) is 0 Å². The van der Waals surface area contributed by atoms with E-state index in [4.69, 9.17) is 23.7 Å². The minimum Gasteiger partial charge on any atom is -0.379 e. The highest BCUT2D eigenvalue weighted by Gasteiger charge is 2.02. The van der Waals surface area contributed by atoms with Crippen LogP contribution in [0.1, 0.15) is 46.0 Å². The summed E-state index contributed by atoms with van der Waals surface area (Å²) in [5.41, 5.74) is 0. The van der Waals surface area contributed by atoms with Gasteiger partial charge < -0.3 is 29.0 Å². The van der Waals surface area contributed by atoms with Gasteiger partial charge in [-0.15, -0.1) is 0 Å². The molecule has 0 saturated carbocycles. The zero-order valence-electron chi connectivity index (χ0n) is 19.4. The Morgan fingerprint density at radius 1 is 0.552 bits per heavy atom. The normalized spacial score (nSPS) is 11.6. The Kier molecular flexibility index (Phi) is 25.5. The summed E-state index contributed by atoms with van der Waals surface area (Å²) in [6.07, 6.45) is 5.85. The topological polar surface area (TPSA) is 61.4 Å². The maximum absolute atomic E-state index is 5.67. The van der Waals surface area contributed by atoms with Crippen molar-refractivity contribution in [2.75, 3.05) is 99.3 Å². The fourth-order valence-electron chi connectivity index (χ4n) is 2.61. The third-order valence-corrected chi connectivity index (χ3v) is 4.52. The molecule has 0 spiro atoms. The molecule has 0 unspecified atom stereocenters. The van der Waals surface area contributed by atoms with Crippen LogP contribution in [0, 0.1) is 0 Å². The van der Waals surface area contributed by atoms with Gasteiger partial charge in [0.15, 0.2) is 0 Å². The first kappa shape index (κ1) is 28.7. The number of hydrogen-bond acceptors (Lipinski definition) is 7. The van der Waals surface area contributed by atoms with E-state index in [2.05, 4.69) is 24.1 Å². The summed E-state index contributed by atoms with van der Waals surface area (Å²) in [6, 6.07) is 0. The Bertz CT molecular complexity index is 272. The highest BCUT2D eigenvalue weighted by molar-refractivity contribution is 4.54. The number of nitrogens with one attached hydrogen (secondary N) is 1. The summed E-state index contributed by atoms with van der Waals surface area (Å²) in [7, 11) is 1.99. The van der Waals surface area contributed by atoms with E-state index in [1.54, 1.807) is 0 Å². The minimum absolute atomic E-state index is 0.627. The summed E-state index contributed by atoms with van der Waals surface area (Å²) in [5, 5.41) is 3.16. The van der Waals surface area contributed by atoms with Crippen LogP contribution in [-0.4, -0.2) is 104 Å². The maximum atomic E-state index is 5.67. The van der Waals surface area contributed by atoms with Crippen molar-refractivity contribution >= 4 is 0 Å². The van der Waals surface area contributed by atoms with Gasteiger partial charge in [-0.25, -0.2) is 0 Å². The quantitative estimate of drug-likeness (QED) is 0.228. The summed E-state index contributed by atoms with van der Waals surface area (Å²) in [6.45, 7) is 15.3. The lowest BCUT2D eigenvalue weighted by molar-refractivity contribution is 0.00711. The van der Waals surface area contributed by atoms with Crippen LogP contribution in [0.3, 0.4) is 0 Å². The van der Waals surface area contributed by atoms with Gasteiger partial charge in [0.2, 0.25) is 0 Å². The number of unbranched alkanes of at least 4 members (excludes halogenated alkanes) is 3. The van der Waals surface area contributed by atoms with Gasteiger partial charge in [0.1, 0.15) is 0 Å². The second-order valence-corrected chi connectivity index (χ2v) is 7.01. The monoisotopic (exact) mass is 420 g/mol. The zero-order chi connectivity index (χ0) is 21.3. The number of hydrogen-bond donors (Lipinski definition) is 1. The van der Waals surface area contributed by atoms with Crippen molar-refractivity contribution in [3.63, 3.8) is 0 Å². The molecule has 0 fully saturated rings.